The number of rotatable bonds is 2. The molecule has 0 aromatic heterocycles. The van der Waals surface area contributed by atoms with Gasteiger partial charge in [-0.05, 0) is 11.1 Å². The first-order valence-corrected chi connectivity index (χ1v) is 4.59. The van der Waals surface area contributed by atoms with E-state index >= 15 is 0 Å². The Hall–Kier alpha value is -0.764. The molecule has 76 valence electrons. The molecule has 0 heterocycles. The van der Waals surface area contributed by atoms with E-state index in [9.17, 15) is 0 Å². The molecule has 16 heavy (non-hydrogen) atoms. The molecule has 0 saturated carbocycles. The summed E-state index contributed by atoms with van der Waals surface area (Å²) in [6.07, 6.45) is 0. The average Bonchev–Trinajstić information content (AvgIpc) is 2.30. The van der Waals surface area contributed by atoms with Crippen LogP contribution in [0.5, 0.6) is 0 Å². The molecule has 0 N–H and O–H groups in total. The topological polar surface area (TPSA) is 0 Å². The zero-order chi connectivity index (χ0) is 9.80. The fraction of sp³-hybridized carbons (Fsp3) is 0. The normalized spacial score (nSPS) is 8.50. The summed E-state index contributed by atoms with van der Waals surface area (Å²) in [6.45, 7) is 4.08. The summed E-state index contributed by atoms with van der Waals surface area (Å²) in [7, 11) is 0. The summed E-state index contributed by atoms with van der Waals surface area (Å²) in [5, 5.41) is 0. The van der Waals surface area contributed by atoms with Gasteiger partial charge in [0.05, 0.1) is 0 Å². The molecule has 0 nitrogen and oxygen atoms in total. The van der Waals surface area contributed by atoms with E-state index in [2.05, 4.69) is 24.8 Å². The van der Waals surface area contributed by atoms with Crippen molar-refractivity contribution >= 4 is 28.6 Å². The van der Waals surface area contributed by atoms with Gasteiger partial charge in [0, 0.05) is 0 Å². The first kappa shape index (κ1) is 15.2. The summed E-state index contributed by atoms with van der Waals surface area (Å²) >= 11 is 0. The molecule has 0 unspecified atom stereocenters. The van der Waals surface area contributed by atoms with Crippen LogP contribution in [0.3, 0.4) is 0 Å². The van der Waals surface area contributed by atoms with Gasteiger partial charge in [0.1, 0.15) is 0 Å². The van der Waals surface area contributed by atoms with Crippen molar-refractivity contribution in [1.29, 1.82) is 0 Å². The minimum Gasteiger partial charge on any atom is -1.00 e. The fourth-order valence-electron chi connectivity index (χ4n) is 1.39. The van der Waals surface area contributed by atoms with Crippen LogP contribution in [0.2, 0.25) is 0 Å². The second kappa shape index (κ2) is 7.50. The van der Waals surface area contributed by atoms with E-state index in [0.717, 1.165) is 11.1 Å². The van der Waals surface area contributed by atoms with Crippen molar-refractivity contribution in [3.8, 4) is 0 Å². The third-order valence-electron chi connectivity index (χ3n) is 2.19. The Kier molecular flexibility index (Phi) is 7.14. The van der Waals surface area contributed by atoms with Crippen molar-refractivity contribution in [3.63, 3.8) is 0 Å². The average molecular weight is 239 g/mol. The second-order valence-electron chi connectivity index (χ2n) is 3.13. The van der Waals surface area contributed by atoms with E-state index in [0.29, 0.717) is 0 Å². The van der Waals surface area contributed by atoms with Crippen LogP contribution in [0.25, 0.3) is 5.57 Å². The molecule has 0 spiro atoms. The van der Waals surface area contributed by atoms with Gasteiger partial charge in [-0.15, -0.1) is 5.56 Å². The standard InChI is InChI=1S/C14H11.ClH.Mg/c1-12(13-8-4-2-5-9-13)14-10-6-3-7-11-14;;/h2,4-11H,1H2;1H;/q-1;;+2/p-1. The molecule has 2 rings (SSSR count). The van der Waals surface area contributed by atoms with E-state index < -0.39 is 0 Å². The fourth-order valence-corrected chi connectivity index (χ4v) is 1.39. The number of hydrogen-bond donors (Lipinski definition) is 0. The minimum atomic E-state index is 0. The monoisotopic (exact) mass is 238 g/mol. The summed E-state index contributed by atoms with van der Waals surface area (Å²) in [5.74, 6) is 0. The van der Waals surface area contributed by atoms with Crippen LogP contribution in [-0.2, 0) is 0 Å². The van der Waals surface area contributed by atoms with Crippen LogP contribution < -0.4 is 12.4 Å². The zero-order valence-corrected chi connectivity index (χ0v) is 11.2. The third-order valence-corrected chi connectivity index (χ3v) is 2.19. The second-order valence-corrected chi connectivity index (χ2v) is 3.13. The van der Waals surface area contributed by atoms with Gasteiger partial charge in [0.25, 0.3) is 0 Å². The molecule has 0 fully saturated rings. The maximum atomic E-state index is 4.08. The molecular weight excluding hydrogens is 228 g/mol. The van der Waals surface area contributed by atoms with Gasteiger partial charge in [-0.2, -0.15) is 30.3 Å². The van der Waals surface area contributed by atoms with Crippen LogP contribution in [0.15, 0.2) is 61.2 Å². The van der Waals surface area contributed by atoms with Gasteiger partial charge >= 0.3 is 23.1 Å². The number of benzene rings is 2. The molecule has 0 radical (unpaired) electrons. The Morgan fingerprint density at radius 1 is 0.875 bits per heavy atom. The molecule has 2 aromatic carbocycles. The van der Waals surface area contributed by atoms with Crippen LogP contribution in [0, 0.1) is 6.07 Å². The van der Waals surface area contributed by atoms with Crippen molar-refractivity contribution in [3.05, 3.63) is 78.4 Å². The first-order chi connectivity index (χ1) is 6.88. The van der Waals surface area contributed by atoms with Gasteiger partial charge < -0.3 is 12.4 Å². The van der Waals surface area contributed by atoms with E-state index in [4.69, 9.17) is 0 Å². The maximum Gasteiger partial charge on any atom is 2.00 e. The largest absolute Gasteiger partial charge is 2.00 e. The maximum absolute atomic E-state index is 4.08. The first-order valence-electron chi connectivity index (χ1n) is 4.59. The van der Waals surface area contributed by atoms with Gasteiger partial charge in [0.15, 0.2) is 0 Å². The molecule has 0 aliphatic heterocycles. The minimum absolute atomic E-state index is 0. The van der Waals surface area contributed by atoms with Gasteiger partial charge in [-0.25, -0.2) is 0 Å². The number of hydrogen-bond acceptors (Lipinski definition) is 0. The van der Waals surface area contributed by atoms with Crippen LogP contribution in [0.1, 0.15) is 11.1 Å². The van der Waals surface area contributed by atoms with E-state index in [-0.39, 0.29) is 35.5 Å². The molecule has 0 aliphatic carbocycles. The SMILES string of the molecule is C=C(c1cc[c-]cc1)c1ccccc1.[Cl-].[Mg+2]. The third kappa shape index (κ3) is 3.67. The predicted molar refractivity (Wildman–Crippen MR) is 65.6 cm³/mol. The number of halogens is 1. The van der Waals surface area contributed by atoms with Crippen molar-refractivity contribution < 1.29 is 12.4 Å². The molecular formula is C14H11ClMg. The Labute approximate surface area is 119 Å². The molecule has 2 heteroatoms. The van der Waals surface area contributed by atoms with Crippen molar-refractivity contribution in [2.24, 2.45) is 0 Å². The van der Waals surface area contributed by atoms with Crippen LogP contribution in [-0.4, -0.2) is 23.1 Å². The van der Waals surface area contributed by atoms with E-state index in [1.54, 1.807) is 0 Å². The van der Waals surface area contributed by atoms with Crippen molar-refractivity contribution in [1.82, 2.24) is 0 Å². The summed E-state index contributed by atoms with van der Waals surface area (Å²) < 4.78 is 0. The zero-order valence-electron chi connectivity index (χ0n) is 8.99. The van der Waals surface area contributed by atoms with Crippen LogP contribution >= 0.6 is 0 Å². The summed E-state index contributed by atoms with van der Waals surface area (Å²) in [5.41, 5.74) is 3.37. The van der Waals surface area contributed by atoms with Crippen molar-refractivity contribution in [2.75, 3.05) is 0 Å². The molecule has 0 amide bonds. The van der Waals surface area contributed by atoms with Crippen LogP contribution in [0.4, 0.5) is 0 Å². The Morgan fingerprint density at radius 2 is 1.38 bits per heavy atom. The molecule has 0 atom stereocenters. The van der Waals surface area contributed by atoms with Gasteiger partial charge in [0.2, 0.25) is 0 Å². The summed E-state index contributed by atoms with van der Waals surface area (Å²) in [6, 6.07) is 21.0. The predicted octanol–water partition coefficient (Wildman–Crippen LogP) is 0.171. The van der Waals surface area contributed by atoms with E-state index in [1.807, 2.05) is 42.5 Å². The Bertz CT molecular complexity index is 382. The quantitative estimate of drug-likeness (QED) is 0.517. The van der Waals surface area contributed by atoms with E-state index in [1.165, 1.54) is 5.56 Å². The molecule has 0 aliphatic rings. The Balaban J connectivity index is 0.00000112. The molecule has 0 saturated heterocycles. The van der Waals surface area contributed by atoms with Gasteiger partial charge in [-0.1, -0.05) is 36.9 Å². The molecule has 2 aromatic rings. The molecule has 0 bridgehead atoms. The van der Waals surface area contributed by atoms with Gasteiger partial charge in [-0.3, -0.25) is 0 Å². The smallest absolute Gasteiger partial charge is 1.00 e. The summed E-state index contributed by atoms with van der Waals surface area (Å²) in [4.78, 5) is 0. The Morgan fingerprint density at radius 3 is 1.94 bits per heavy atom. The van der Waals surface area contributed by atoms with Crippen molar-refractivity contribution in [2.45, 2.75) is 0 Å².